The molecule has 1 aromatic rings. The third kappa shape index (κ3) is 2.70. The Balaban J connectivity index is 2.21. The minimum absolute atomic E-state index is 0.104. The van der Waals surface area contributed by atoms with Gasteiger partial charge in [-0.2, -0.15) is 0 Å². The molecule has 0 aromatic heterocycles. The molecule has 1 aliphatic rings. The summed E-state index contributed by atoms with van der Waals surface area (Å²) in [5, 5.41) is 0. The Kier molecular flexibility index (Phi) is 3.97. The Morgan fingerprint density at radius 3 is 2.67 bits per heavy atom. The molecule has 0 saturated heterocycles. The first kappa shape index (κ1) is 13.0. The third-order valence-electron chi connectivity index (χ3n) is 3.44. The van der Waals surface area contributed by atoms with Crippen LogP contribution in [0.1, 0.15) is 35.2 Å². The molecule has 4 heteroatoms. The highest BCUT2D eigenvalue weighted by Gasteiger charge is 2.28. The maximum Gasteiger partial charge on any atom is 0.254 e. The number of hydrogen-bond donors (Lipinski definition) is 1. The maximum absolute atomic E-state index is 13.3. The monoisotopic (exact) mass is 250 g/mol. The van der Waals surface area contributed by atoms with E-state index in [0.29, 0.717) is 18.7 Å². The molecule has 0 atom stereocenters. The van der Waals surface area contributed by atoms with E-state index in [2.05, 4.69) is 0 Å². The molecule has 1 aliphatic carbocycles. The number of nitrogens with zero attached hydrogens (tertiary/aromatic N) is 1. The third-order valence-corrected chi connectivity index (χ3v) is 3.44. The highest BCUT2D eigenvalue weighted by Crippen LogP contribution is 2.26. The zero-order valence-corrected chi connectivity index (χ0v) is 10.7. The second-order valence-corrected chi connectivity index (χ2v) is 4.89. The molecule has 0 unspecified atom stereocenters. The van der Waals surface area contributed by atoms with Crippen molar-refractivity contribution in [3.63, 3.8) is 0 Å². The average molecular weight is 250 g/mol. The minimum Gasteiger partial charge on any atom is -0.334 e. The summed E-state index contributed by atoms with van der Waals surface area (Å²) in [4.78, 5) is 14.2. The van der Waals surface area contributed by atoms with Crippen LogP contribution in [-0.2, 0) is 0 Å². The second kappa shape index (κ2) is 5.48. The summed E-state index contributed by atoms with van der Waals surface area (Å²) in [6, 6.07) is 4.74. The highest BCUT2D eigenvalue weighted by molar-refractivity contribution is 5.94. The molecule has 18 heavy (non-hydrogen) atoms. The number of carbonyl (C=O) groups is 1. The zero-order valence-electron chi connectivity index (χ0n) is 10.7. The summed E-state index contributed by atoms with van der Waals surface area (Å²) in [6.45, 7) is 2.77. The smallest absolute Gasteiger partial charge is 0.254 e. The second-order valence-electron chi connectivity index (χ2n) is 4.89. The lowest BCUT2D eigenvalue weighted by molar-refractivity contribution is 0.0588. The summed E-state index contributed by atoms with van der Waals surface area (Å²) >= 11 is 0. The Morgan fingerprint density at radius 2 is 2.17 bits per heavy atom. The van der Waals surface area contributed by atoms with Crippen molar-refractivity contribution in [2.45, 2.75) is 32.2 Å². The van der Waals surface area contributed by atoms with Crippen LogP contribution in [0.3, 0.4) is 0 Å². The molecular weight excluding hydrogens is 231 g/mol. The normalized spacial score (nSPS) is 15.3. The Bertz CT molecular complexity index is 423. The van der Waals surface area contributed by atoms with Gasteiger partial charge in [-0.3, -0.25) is 4.79 Å². The van der Waals surface area contributed by atoms with Crippen LogP contribution in [0.2, 0.25) is 0 Å². The van der Waals surface area contributed by atoms with Crippen LogP contribution in [-0.4, -0.2) is 29.9 Å². The molecule has 1 fully saturated rings. The highest BCUT2D eigenvalue weighted by atomic mass is 19.1. The number of hydrogen-bond acceptors (Lipinski definition) is 2. The molecule has 0 aliphatic heterocycles. The van der Waals surface area contributed by atoms with E-state index >= 15 is 0 Å². The topological polar surface area (TPSA) is 46.3 Å². The Hall–Kier alpha value is -1.42. The van der Waals surface area contributed by atoms with Gasteiger partial charge in [0.1, 0.15) is 5.82 Å². The summed E-state index contributed by atoms with van der Waals surface area (Å²) < 4.78 is 13.3. The van der Waals surface area contributed by atoms with E-state index in [9.17, 15) is 9.18 Å². The van der Waals surface area contributed by atoms with Gasteiger partial charge in [0.05, 0.1) is 0 Å². The van der Waals surface area contributed by atoms with E-state index in [-0.39, 0.29) is 17.8 Å². The van der Waals surface area contributed by atoms with Gasteiger partial charge in [-0.25, -0.2) is 4.39 Å². The van der Waals surface area contributed by atoms with Gasteiger partial charge in [0, 0.05) is 24.7 Å². The van der Waals surface area contributed by atoms with Gasteiger partial charge in [0.15, 0.2) is 0 Å². The number of amides is 1. The molecule has 1 saturated carbocycles. The largest absolute Gasteiger partial charge is 0.334 e. The first-order chi connectivity index (χ1) is 8.61. The van der Waals surface area contributed by atoms with Crippen LogP contribution in [0.4, 0.5) is 4.39 Å². The quantitative estimate of drug-likeness (QED) is 0.889. The van der Waals surface area contributed by atoms with Gasteiger partial charge < -0.3 is 10.6 Å². The van der Waals surface area contributed by atoms with Crippen LogP contribution < -0.4 is 5.73 Å². The van der Waals surface area contributed by atoms with Crippen molar-refractivity contribution in [2.24, 2.45) is 5.73 Å². The first-order valence-electron chi connectivity index (χ1n) is 6.40. The van der Waals surface area contributed by atoms with Crippen LogP contribution >= 0.6 is 0 Å². The fourth-order valence-electron chi connectivity index (χ4n) is 2.31. The van der Waals surface area contributed by atoms with E-state index in [4.69, 9.17) is 5.73 Å². The Morgan fingerprint density at radius 1 is 1.44 bits per heavy atom. The van der Waals surface area contributed by atoms with E-state index in [1.165, 1.54) is 12.1 Å². The lowest BCUT2D eigenvalue weighted by Gasteiger charge is -2.37. The minimum atomic E-state index is -0.361. The summed E-state index contributed by atoms with van der Waals surface area (Å²) in [5.41, 5.74) is 6.74. The van der Waals surface area contributed by atoms with Gasteiger partial charge in [-0.15, -0.1) is 0 Å². The van der Waals surface area contributed by atoms with Crippen LogP contribution in [0.15, 0.2) is 18.2 Å². The molecular formula is C14H19FN2O. The molecule has 0 heterocycles. The zero-order chi connectivity index (χ0) is 13.1. The van der Waals surface area contributed by atoms with E-state index in [1.54, 1.807) is 17.9 Å². The van der Waals surface area contributed by atoms with Crippen LogP contribution in [0.5, 0.6) is 0 Å². The van der Waals surface area contributed by atoms with Crippen molar-refractivity contribution in [3.05, 3.63) is 35.1 Å². The number of rotatable bonds is 4. The Labute approximate surface area is 107 Å². The van der Waals surface area contributed by atoms with Crippen molar-refractivity contribution in [1.29, 1.82) is 0 Å². The fourth-order valence-corrected chi connectivity index (χ4v) is 2.31. The number of benzene rings is 1. The lowest BCUT2D eigenvalue weighted by Crippen LogP contribution is -2.46. The predicted molar refractivity (Wildman–Crippen MR) is 68.9 cm³/mol. The van der Waals surface area contributed by atoms with Crippen LogP contribution in [0.25, 0.3) is 0 Å². The summed E-state index contributed by atoms with van der Waals surface area (Å²) in [6.07, 6.45) is 3.21. The number of halogens is 1. The molecule has 3 nitrogen and oxygen atoms in total. The fraction of sp³-hybridized carbons (Fsp3) is 0.500. The summed E-state index contributed by atoms with van der Waals surface area (Å²) in [7, 11) is 0. The maximum atomic E-state index is 13.3. The molecule has 0 radical (unpaired) electrons. The standard InChI is InChI=1S/C14H19FN2O/c1-10-7-11(9-12(15)8-10)14(18)17(6-5-16)13-3-2-4-13/h7-9,13H,2-6,16H2,1H3. The molecule has 1 amide bonds. The van der Waals surface area contributed by atoms with Gasteiger partial charge in [-0.1, -0.05) is 0 Å². The lowest BCUT2D eigenvalue weighted by atomic mass is 9.91. The number of aryl methyl sites for hydroxylation is 1. The van der Waals surface area contributed by atoms with E-state index < -0.39 is 0 Å². The van der Waals surface area contributed by atoms with Crippen molar-refractivity contribution >= 4 is 5.91 Å². The molecule has 0 spiro atoms. The summed E-state index contributed by atoms with van der Waals surface area (Å²) in [5.74, 6) is -0.465. The van der Waals surface area contributed by atoms with Crippen LogP contribution in [0, 0.1) is 12.7 Å². The van der Waals surface area contributed by atoms with Gasteiger partial charge in [0.2, 0.25) is 0 Å². The van der Waals surface area contributed by atoms with Crippen molar-refractivity contribution in [2.75, 3.05) is 13.1 Å². The van der Waals surface area contributed by atoms with E-state index in [1.807, 2.05) is 0 Å². The van der Waals surface area contributed by atoms with Gasteiger partial charge in [-0.05, 0) is 49.9 Å². The molecule has 1 aromatic carbocycles. The first-order valence-corrected chi connectivity index (χ1v) is 6.40. The van der Waals surface area contributed by atoms with Gasteiger partial charge in [0.25, 0.3) is 5.91 Å². The van der Waals surface area contributed by atoms with E-state index in [0.717, 1.165) is 24.8 Å². The number of nitrogens with two attached hydrogens (primary N) is 1. The van der Waals surface area contributed by atoms with Crippen molar-refractivity contribution in [3.8, 4) is 0 Å². The molecule has 2 N–H and O–H groups in total. The molecule has 0 bridgehead atoms. The SMILES string of the molecule is Cc1cc(F)cc(C(=O)N(CCN)C2CCC2)c1. The number of carbonyl (C=O) groups excluding carboxylic acids is 1. The molecule has 98 valence electrons. The molecule has 2 rings (SSSR count). The average Bonchev–Trinajstić information content (AvgIpc) is 2.23. The van der Waals surface area contributed by atoms with Crippen molar-refractivity contribution < 1.29 is 9.18 Å². The van der Waals surface area contributed by atoms with Crippen molar-refractivity contribution in [1.82, 2.24) is 4.90 Å². The predicted octanol–water partition coefficient (Wildman–Crippen LogP) is 2.09. The van der Waals surface area contributed by atoms with Gasteiger partial charge >= 0.3 is 0 Å².